The molecule has 0 unspecified atom stereocenters. The van der Waals surface area contributed by atoms with E-state index in [1.807, 2.05) is 74.5 Å². The predicted octanol–water partition coefficient (Wildman–Crippen LogP) is 4.18. The number of nitrogens with one attached hydrogen (secondary N) is 1. The SMILES string of the molecule is CC(C)CNC(=O)[C@H](c1ccccc1)N(Cc1ccccc1)C(=O)C(C)C. The number of benzene rings is 2. The maximum absolute atomic E-state index is 13.1. The Morgan fingerprint density at radius 3 is 1.96 bits per heavy atom. The second-order valence-electron chi connectivity index (χ2n) is 7.56. The summed E-state index contributed by atoms with van der Waals surface area (Å²) in [4.78, 5) is 27.9. The summed E-state index contributed by atoms with van der Waals surface area (Å²) >= 11 is 0. The molecule has 0 saturated carbocycles. The van der Waals surface area contributed by atoms with Crippen LogP contribution in [0.4, 0.5) is 0 Å². The Labute approximate surface area is 162 Å². The van der Waals surface area contributed by atoms with Gasteiger partial charge in [-0.3, -0.25) is 9.59 Å². The molecule has 0 fully saturated rings. The minimum absolute atomic E-state index is 0.0348. The fourth-order valence-electron chi connectivity index (χ4n) is 2.92. The van der Waals surface area contributed by atoms with Gasteiger partial charge in [-0.25, -0.2) is 0 Å². The molecule has 2 aromatic carbocycles. The van der Waals surface area contributed by atoms with E-state index in [2.05, 4.69) is 19.2 Å². The molecule has 1 N–H and O–H groups in total. The third-order valence-electron chi connectivity index (χ3n) is 4.33. The van der Waals surface area contributed by atoms with E-state index >= 15 is 0 Å². The summed E-state index contributed by atoms with van der Waals surface area (Å²) in [6.45, 7) is 8.82. The maximum atomic E-state index is 13.1. The van der Waals surface area contributed by atoms with Crippen LogP contribution in [0, 0.1) is 11.8 Å². The van der Waals surface area contributed by atoms with Gasteiger partial charge in [-0.15, -0.1) is 0 Å². The van der Waals surface area contributed by atoms with Gasteiger partial charge in [0.25, 0.3) is 0 Å². The van der Waals surface area contributed by atoms with E-state index in [4.69, 9.17) is 0 Å². The van der Waals surface area contributed by atoms with Gasteiger partial charge in [-0.2, -0.15) is 0 Å². The van der Waals surface area contributed by atoms with Crippen molar-refractivity contribution in [3.05, 3.63) is 71.8 Å². The molecule has 4 heteroatoms. The Hall–Kier alpha value is -2.62. The third kappa shape index (κ3) is 5.95. The van der Waals surface area contributed by atoms with Crippen molar-refractivity contribution < 1.29 is 9.59 Å². The first-order chi connectivity index (χ1) is 12.9. The summed E-state index contributed by atoms with van der Waals surface area (Å²) in [5.74, 6) is -0.0289. The van der Waals surface area contributed by atoms with Crippen LogP contribution in [0.2, 0.25) is 0 Å². The van der Waals surface area contributed by atoms with Crippen LogP contribution in [0.5, 0.6) is 0 Å². The Bertz CT molecular complexity index is 727. The van der Waals surface area contributed by atoms with Crippen molar-refractivity contribution in [1.29, 1.82) is 0 Å². The molecule has 0 spiro atoms. The number of hydrogen-bond acceptors (Lipinski definition) is 2. The van der Waals surface area contributed by atoms with Gasteiger partial charge in [0.05, 0.1) is 0 Å². The summed E-state index contributed by atoms with van der Waals surface area (Å²) in [5, 5.41) is 3.01. The second kappa shape index (κ2) is 9.91. The number of nitrogens with zero attached hydrogens (tertiary/aromatic N) is 1. The standard InChI is InChI=1S/C23H30N2O2/c1-17(2)15-24-22(26)21(20-13-9-6-10-14-20)25(23(27)18(3)4)16-19-11-7-5-8-12-19/h5-14,17-18,21H,15-16H2,1-4H3,(H,24,26)/t21-/m0/s1. The molecule has 27 heavy (non-hydrogen) atoms. The van der Waals surface area contributed by atoms with Gasteiger partial charge in [0.1, 0.15) is 6.04 Å². The van der Waals surface area contributed by atoms with Crippen molar-refractivity contribution in [2.75, 3.05) is 6.54 Å². The van der Waals surface area contributed by atoms with Crippen molar-refractivity contribution >= 4 is 11.8 Å². The molecule has 0 aromatic heterocycles. The first kappa shape index (κ1) is 20.7. The van der Waals surface area contributed by atoms with Gasteiger partial charge in [0.2, 0.25) is 11.8 Å². The quantitative estimate of drug-likeness (QED) is 0.762. The summed E-state index contributed by atoms with van der Waals surface area (Å²) < 4.78 is 0. The first-order valence-electron chi connectivity index (χ1n) is 9.57. The van der Waals surface area contributed by atoms with E-state index in [1.54, 1.807) is 4.90 Å². The Morgan fingerprint density at radius 2 is 1.44 bits per heavy atom. The molecule has 4 nitrogen and oxygen atoms in total. The van der Waals surface area contributed by atoms with E-state index in [9.17, 15) is 9.59 Å². The van der Waals surface area contributed by atoms with Gasteiger partial charge >= 0.3 is 0 Å². The number of hydrogen-bond donors (Lipinski definition) is 1. The third-order valence-corrected chi connectivity index (χ3v) is 4.33. The van der Waals surface area contributed by atoms with Gasteiger partial charge in [0.15, 0.2) is 0 Å². The predicted molar refractivity (Wildman–Crippen MR) is 109 cm³/mol. The molecule has 0 saturated heterocycles. The molecule has 0 bridgehead atoms. The molecule has 0 aliphatic rings. The summed E-state index contributed by atoms with van der Waals surface area (Å²) in [6.07, 6.45) is 0. The summed E-state index contributed by atoms with van der Waals surface area (Å²) in [5.41, 5.74) is 1.83. The van der Waals surface area contributed by atoms with Crippen LogP contribution in [-0.2, 0) is 16.1 Å². The monoisotopic (exact) mass is 366 g/mol. The smallest absolute Gasteiger partial charge is 0.247 e. The summed E-state index contributed by atoms with van der Waals surface area (Å²) in [6, 6.07) is 18.7. The van der Waals surface area contributed by atoms with Gasteiger partial charge in [-0.1, -0.05) is 88.4 Å². The van der Waals surface area contributed by atoms with Crippen LogP contribution in [0.25, 0.3) is 0 Å². The number of carbonyl (C=O) groups excluding carboxylic acids is 2. The van der Waals surface area contributed by atoms with Crippen LogP contribution in [-0.4, -0.2) is 23.3 Å². The van der Waals surface area contributed by atoms with Crippen LogP contribution in [0.15, 0.2) is 60.7 Å². The van der Waals surface area contributed by atoms with Crippen molar-refractivity contribution in [2.24, 2.45) is 11.8 Å². The Morgan fingerprint density at radius 1 is 0.889 bits per heavy atom. The lowest BCUT2D eigenvalue weighted by Gasteiger charge is -2.33. The van der Waals surface area contributed by atoms with E-state index in [-0.39, 0.29) is 17.7 Å². The zero-order chi connectivity index (χ0) is 19.8. The number of carbonyl (C=O) groups is 2. The van der Waals surface area contributed by atoms with Gasteiger partial charge < -0.3 is 10.2 Å². The molecular weight excluding hydrogens is 336 g/mol. The van der Waals surface area contributed by atoms with Crippen molar-refractivity contribution in [3.63, 3.8) is 0 Å². The molecule has 1 atom stereocenters. The zero-order valence-corrected chi connectivity index (χ0v) is 16.7. The zero-order valence-electron chi connectivity index (χ0n) is 16.7. The van der Waals surface area contributed by atoms with Crippen molar-refractivity contribution in [2.45, 2.75) is 40.3 Å². The molecule has 0 heterocycles. The van der Waals surface area contributed by atoms with Crippen LogP contribution >= 0.6 is 0 Å². The minimum atomic E-state index is -0.653. The normalized spacial score (nSPS) is 12.1. The molecule has 2 rings (SSSR count). The summed E-state index contributed by atoms with van der Waals surface area (Å²) in [7, 11) is 0. The van der Waals surface area contributed by atoms with E-state index in [0.717, 1.165) is 11.1 Å². The minimum Gasteiger partial charge on any atom is -0.354 e. The molecule has 2 aromatic rings. The van der Waals surface area contributed by atoms with Gasteiger partial charge in [0, 0.05) is 19.0 Å². The van der Waals surface area contributed by atoms with Crippen LogP contribution in [0.3, 0.4) is 0 Å². The molecule has 0 aliphatic heterocycles. The first-order valence-corrected chi connectivity index (χ1v) is 9.57. The molecule has 0 radical (unpaired) electrons. The van der Waals surface area contributed by atoms with E-state index in [1.165, 1.54) is 0 Å². The highest BCUT2D eigenvalue weighted by atomic mass is 16.2. The van der Waals surface area contributed by atoms with Crippen LogP contribution in [0.1, 0.15) is 44.9 Å². The molecule has 2 amide bonds. The Kier molecular flexibility index (Phi) is 7.59. The van der Waals surface area contributed by atoms with Crippen molar-refractivity contribution in [1.82, 2.24) is 10.2 Å². The maximum Gasteiger partial charge on any atom is 0.247 e. The molecule has 144 valence electrons. The lowest BCUT2D eigenvalue weighted by molar-refractivity contribution is -0.144. The molecular formula is C23H30N2O2. The number of rotatable bonds is 8. The fourth-order valence-corrected chi connectivity index (χ4v) is 2.92. The topological polar surface area (TPSA) is 49.4 Å². The second-order valence-corrected chi connectivity index (χ2v) is 7.56. The lowest BCUT2D eigenvalue weighted by atomic mass is 10.0. The van der Waals surface area contributed by atoms with E-state index in [0.29, 0.717) is 19.0 Å². The largest absolute Gasteiger partial charge is 0.354 e. The fraction of sp³-hybridized carbons (Fsp3) is 0.391. The van der Waals surface area contributed by atoms with Gasteiger partial charge in [-0.05, 0) is 17.0 Å². The lowest BCUT2D eigenvalue weighted by Crippen LogP contribution is -2.45. The average molecular weight is 367 g/mol. The Balaban J connectivity index is 2.41. The average Bonchev–Trinajstić information content (AvgIpc) is 2.66. The van der Waals surface area contributed by atoms with Crippen molar-refractivity contribution in [3.8, 4) is 0 Å². The number of amides is 2. The highest BCUT2D eigenvalue weighted by Gasteiger charge is 2.32. The molecule has 0 aliphatic carbocycles. The van der Waals surface area contributed by atoms with E-state index < -0.39 is 6.04 Å². The highest BCUT2D eigenvalue weighted by molar-refractivity contribution is 5.89. The van der Waals surface area contributed by atoms with Crippen LogP contribution < -0.4 is 5.32 Å². The highest BCUT2D eigenvalue weighted by Crippen LogP contribution is 2.25.